The van der Waals surface area contributed by atoms with Gasteiger partial charge in [-0.3, -0.25) is 9.78 Å². The minimum atomic E-state index is -0.642. The summed E-state index contributed by atoms with van der Waals surface area (Å²) >= 11 is 0. The number of aromatic nitrogens is 1. The zero-order chi connectivity index (χ0) is 29.6. The van der Waals surface area contributed by atoms with Crippen molar-refractivity contribution in [1.29, 1.82) is 0 Å². The SMILES string of the molecule is CC(C)(C)OC(=O)N(CCO)C[C](c1ccc(NC(=O)CC23CC4CC(CC(C4)C2)C3)c2cccnc12)C(C)(C)C. The third kappa shape index (κ3) is 6.71. The number of amides is 2. The lowest BCUT2D eigenvalue weighted by Crippen LogP contribution is -2.47. The van der Waals surface area contributed by atoms with Gasteiger partial charge in [0.1, 0.15) is 5.60 Å². The molecule has 4 fully saturated rings. The standard InChI is InChI=1S/C34H48N3O4/c1-32(2,3)27(21-37(12-13-38)31(40)41-33(4,5)6)25-9-10-28(26-8-7-11-35-30(25)26)36-29(39)20-34-17-22-14-23(18-34)16-24(15-22)19-34/h7-11,22-24,38H,12-21H2,1-6H3,(H,36,39). The van der Waals surface area contributed by atoms with Gasteiger partial charge in [-0.25, -0.2) is 4.79 Å². The number of rotatable bonds is 8. The first kappa shape index (κ1) is 29.8. The van der Waals surface area contributed by atoms with E-state index in [2.05, 4.69) is 26.1 Å². The smallest absolute Gasteiger partial charge is 0.410 e. The van der Waals surface area contributed by atoms with Crippen LogP contribution in [0.3, 0.4) is 0 Å². The average Bonchev–Trinajstić information content (AvgIpc) is 2.84. The summed E-state index contributed by atoms with van der Waals surface area (Å²) in [5.74, 6) is 3.55. The molecule has 2 aromatic rings. The zero-order valence-corrected chi connectivity index (χ0v) is 25.8. The fourth-order valence-electron chi connectivity index (χ4n) is 8.17. The number of carbonyl (C=O) groups excluding carboxylic acids is 2. The molecule has 4 aliphatic rings. The van der Waals surface area contributed by atoms with Crippen molar-refractivity contribution in [2.45, 2.75) is 92.1 Å². The van der Waals surface area contributed by atoms with Gasteiger partial charge in [0.25, 0.3) is 0 Å². The number of fused-ring (bicyclic) bond motifs is 1. The maximum Gasteiger partial charge on any atom is 0.410 e. The van der Waals surface area contributed by atoms with Gasteiger partial charge in [0, 0.05) is 37.0 Å². The molecule has 0 saturated heterocycles. The molecule has 4 bridgehead atoms. The van der Waals surface area contributed by atoms with Gasteiger partial charge in [-0.2, -0.15) is 0 Å². The summed E-state index contributed by atoms with van der Waals surface area (Å²) < 4.78 is 5.65. The highest BCUT2D eigenvalue weighted by molar-refractivity contribution is 6.02. The second kappa shape index (κ2) is 11.2. The molecule has 223 valence electrons. The van der Waals surface area contributed by atoms with Gasteiger partial charge in [-0.1, -0.05) is 26.8 Å². The van der Waals surface area contributed by atoms with E-state index in [9.17, 15) is 14.7 Å². The molecule has 0 unspecified atom stereocenters. The summed E-state index contributed by atoms with van der Waals surface area (Å²) in [6, 6.07) is 7.90. The summed E-state index contributed by atoms with van der Waals surface area (Å²) in [6.45, 7) is 12.2. The Kier molecular flexibility index (Phi) is 8.14. The Morgan fingerprint density at radius 3 is 2.22 bits per heavy atom. The molecule has 1 radical (unpaired) electrons. The first-order valence-electron chi connectivity index (χ1n) is 15.4. The molecule has 41 heavy (non-hydrogen) atoms. The Bertz CT molecular complexity index is 1240. The van der Waals surface area contributed by atoms with Gasteiger partial charge in [0.15, 0.2) is 0 Å². The highest BCUT2D eigenvalue weighted by atomic mass is 16.6. The summed E-state index contributed by atoms with van der Waals surface area (Å²) in [4.78, 5) is 32.9. The van der Waals surface area contributed by atoms with Crippen molar-refractivity contribution in [2.24, 2.45) is 28.6 Å². The summed E-state index contributed by atoms with van der Waals surface area (Å²) in [5.41, 5.74) is 1.73. The van der Waals surface area contributed by atoms with E-state index < -0.39 is 11.7 Å². The molecule has 1 aromatic carbocycles. The number of carbonyl (C=O) groups is 2. The second-order valence-corrected chi connectivity index (χ2v) is 15.1. The normalized spacial score (nSPS) is 25.5. The molecule has 1 aromatic heterocycles. The van der Waals surface area contributed by atoms with E-state index in [1.807, 2.05) is 45.0 Å². The highest BCUT2D eigenvalue weighted by Gasteiger charge is 2.51. The Balaban J connectivity index is 1.40. The van der Waals surface area contributed by atoms with Gasteiger partial charge < -0.3 is 20.1 Å². The van der Waals surface area contributed by atoms with E-state index in [1.165, 1.54) is 38.5 Å². The Labute approximate surface area is 245 Å². The van der Waals surface area contributed by atoms with Crippen LogP contribution in [0.15, 0.2) is 30.5 Å². The largest absolute Gasteiger partial charge is 0.444 e. The van der Waals surface area contributed by atoms with Gasteiger partial charge >= 0.3 is 6.09 Å². The Morgan fingerprint density at radius 1 is 1.02 bits per heavy atom. The van der Waals surface area contributed by atoms with Crippen molar-refractivity contribution >= 4 is 28.6 Å². The number of nitrogens with zero attached hydrogens (tertiary/aromatic N) is 2. The molecule has 0 spiro atoms. The van der Waals surface area contributed by atoms with Gasteiger partial charge in [-0.05, 0) is 112 Å². The molecule has 4 saturated carbocycles. The number of hydrogen-bond acceptors (Lipinski definition) is 5. The molecular formula is C34H48N3O4. The molecule has 2 amide bonds. The van der Waals surface area contributed by atoms with Crippen LogP contribution in [-0.2, 0) is 9.53 Å². The summed E-state index contributed by atoms with van der Waals surface area (Å²) in [6.07, 6.45) is 9.65. The van der Waals surface area contributed by atoms with Crippen molar-refractivity contribution < 1.29 is 19.4 Å². The fraction of sp³-hybridized carbons (Fsp3) is 0.647. The molecular weight excluding hydrogens is 514 g/mol. The van der Waals surface area contributed by atoms with Gasteiger partial charge in [0.2, 0.25) is 5.91 Å². The quantitative estimate of drug-likeness (QED) is 0.362. The number of pyridine rings is 1. The maximum atomic E-state index is 13.5. The second-order valence-electron chi connectivity index (χ2n) is 15.1. The first-order chi connectivity index (χ1) is 19.2. The van der Waals surface area contributed by atoms with E-state index in [0.717, 1.165) is 45.8 Å². The summed E-state index contributed by atoms with van der Waals surface area (Å²) in [5, 5.41) is 13.9. The molecule has 7 nitrogen and oxygen atoms in total. The Hall–Kier alpha value is -2.67. The van der Waals surface area contributed by atoms with Crippen LogP contribution >= 0.6 is 0 Å². The molecule has 2 N–H and O–H groups in total. The van der Waals surface area contributed by atoms with E-state index in [4.69, 9.17) is 9.72 Å². The van der Waals surface area contributed by atoms with Crippen molar-refractivity contribution in [1.82, 2.24) is 9.88 Å². The lowest BCUT2D eigenvalue weighted by Gasteiger charge is -2.56. The third-order valence-corrected chi connectivity index (χ3v) is 9.35. The molecule has 7 heteroatoms. The van der Waals surface area contributed by atoms with Crippen molar-refractivity contribution in [3.05, 3.63) is 41.9 Å². The van der Waals surface area contributed by atoms with Crippen LogP contribution in [0.5, 0.6) is 0 Å². The van der Waals surface area contributed by atoms with Crippen LogP contribution in [0.25, 0.3) is 10.9 Å². The predicted octanol–water partition coefficient (Wildman–Crippen LogP) is 6.98. The van der Waals surface area contributed by atoms with Crippen molar-refractivity contribution in [2.75, 3.05) is 25.0 Å². The summed E-state index contributed by atoms with van der Waals surface area (Å²) in [7, 11) is 0. The highest BCUT2D eigenvalue weighted by Crippen LogP contribution is 2.61. The predicted molar refractivity (Wildman–Crippen MR) is 162 cm³/mol. The number of nitrogens with one attached hydrogen (secondary N) is 1. The van der Waals surface area contributed by atoms with E-state index in [-0.39, 0.29) is 29.9 Å². The Morgan fingerprint density at radius 2 is 1.66 bits per heavy atom. The number of aliphatic hydroxyl groups is 1. The third-order valence-electron chi connectivity index (χ3n) is 9.35. The fourth-order valence-corrected chi connectivity index (χ4v) is 8.17. The molecule has 1 heterocycles. The first-order valence-corrected chi connectivity index (χ1v) is 15.4. The number of hydrogen-bond donors (Lipinski definition) is 2. The average molecular weight is 563 g/mol. The minimum absolute atomic E-state index is 0.101. The van der Waals surface area contributed by atoms with Crippen LogP contribution in [0, 0.1) is 34.5 Å². The zero-order valence-electron chi connectivity index (χ0n) is 25.8. The van der Waals surface area contributed by atoms with Crippen LogP contribution in [0.2, 0.25) is 0 Å². The van der Waals surface area contributed by atoms with Gasteiger partial charge in [-0.15, -0.1) is 0 Å². The number of benzene rings is 1. The number of ether oxygens (including phenoxy) is 1. The van der Waals surface area contributed by atoms with Crippen LogP contribution in [0.4, 0.5) is 10.5 Å². The monoisotopic (exact) mass is 562 g/mol. The van der Waals surface area contributed by atoms with E-state index in [1.54, 1.807) is 11.1 Å². The molecule has 6 rings (SSSR count). The molecule has 0 aliphatic heterocycles. The molecule has 0 atom stereocenters. The lowest BCUT2D eigenvalue weighted by molar-refractivity contribution is -0.124. The van der Waals surface area contributed by atoms with E-state index in [0.29, 0.717) is 13.0 Å². The number of anilines is 1. The van der Waals surface area contributed by atoms with Crippen molar-refractivity contribution in [3.8, 4) is 0 Å². The van der Waals surface area contributed by atoms with Gasteiger partial charge in [0.05, 0.1) is 17.8 Å². The van der Waals surface area contributed by atoms with E-state index >= 15 is 0 Å². The van der Waals surface area contributed by atoms with Crippen LogP contribution < -0.4 is 5.32 Å². The maximum absolute atomic E-state index is 13.5. The van der Waals surface area contributed by atoms with Crippen LogP contribution in [0.1, 0.15) is 92.1 Å². The number of aliphatic hydroxyl groups excluding tert-OH is 1. The lowest BCUT2D eigenvalue weighted by atomic mass is 9.49. The van der Waals surface area contributed by atoms with Crippen molar-refractivity contribution in [3.63, 3.8) is 0 Å². The molecule has 4 aliphatic carbocycles. The minimum Gasteiger partial charge on any atom is -0.444 e. The topological polar surface area (TPSA) is 91.8 Å². The van der Waals surface area contributed by atoms with Crippen LogP contribution in [-0.4, -0.2) is 52.3 Å².